The van der Waals surface area contributed by atoms with Crippen molar-refractivity contribution in [3.8, 4) is 0 Å². The van der Waals surface area contributed by atoms with E-state index in [-0.39, 0.29) is 11.9 Å². The van der Waals surface area contributed by atoms with E-state index >= 15 is 0 Å². The number of nitrogens with one attached hydrogen (secondary N) is 2. The molecule has 1 amide bonds. The van der Waals surface area contributed by atoms with E-state index in [1.54, 1.807) is 6.20 Å². The second-order valence-electron chi connectivity index (χ2n) is 3.55. The number of aromatic nitrogens is 2. The third-order valence-electron chi connectivity index (χ3n) is 2.42. The van der Waals surface area contributed by atoms with Crippen LogP contribution in [0.3, 0.4) is 0 Å². The van der Waals surface area contributed by atoms with Crippen molar-refractivity contribution in [2.45, 2.75) is 25.3 Å². The standard InChI is InChI=1S/C10H12BrN3O/c11-8-6-12-14-9(8)10(15)13-7-4-2-1-3-5-7/h1-2,6-7H,3-5H2,(H,12,14)(H,13,15). The van der Waals surface area contributed by atoms with Crippen LogP contribution in [0.1, 0.15) is 29.8 Å². The zero-order chi connectivity index (χ0) is 10.7. The fraction of sp³-hybridized carbons (Fsp3) is 0.400. The van der Waals surface area contributed by atoms with Gasteiger partial charge in [-0.05, 0) is 35.2 Å². The Kier molecular flexibility index (Phi) is 3.20. The summed E-state index contributed by atoms with van der Waals surface area (Å²) in [5.74, 6) is -0.0975. The Bertz CT molecular complexity index is 386. The van der Waals surface area contributed by atoms with Gasteiger partial charge in [-0.15, -0.1) is 0 Å². The molecular weight excluding hydrogens is 258 g/mol. The Morgan fingerprint density at radius 3 is 3.07 bits per heavy atom. The van der Waals surface area contributed by atoms with Crippen molar-refractivity contribution >= 4 is 21.8 Å². The lowest BCUT2D eigenvalue weighted by Crippen LogP contribution is -2.35. The number of allylic oxidation sites excluding steroid dienone is 1. The fourth-order valence-corrected chi connectivity index (χ4v) is 1.98. The maximum Gasteiger partial charge on any atom is 0.270 e. The molecule has 0 radical (unpaired) electrons. The monoisotopic (exact) mass is 269 g/mol. The molecule has 0 aliphatic heterocycles. The molecule has 1 aliphatic carbocycles. The largest absolute Gasteiger partial charge is 0.348 e. The third-order valence-corrected chi connectivity index (χ3v) is 3.03. The smallest absolute Gasteiger partial charge is 0.270 e. The first-order chi connectivity index (χ1) is 7.27. The van der Waals surface area contributed by atoms with Crippen LogP contribution in [0.2, 0.25) is 0 Å². The number of nitrogens with zero attached hydrogens (tertiary/aromatic N) is 1. The highest BCUT2D eigenvalue weighted by Crippen LogP contribution is 2.15. The normalized spacial score (nSPS) is 20.2. The van der Waals surface area contributed by atoms with Crippen LogP contribution in [0.4, 0.5) is 0 Å². The quantitative estimate of drug-likeness (QED) is 0.808. The molecule has 1 atom stereocenters. The molecule has 0 saturated heterocycles. The van der Waals surface area contributed by atoms with Crippen molar-refractivity contribution in [3.63, 3.8) is 0 Å². The molecule has 0 saturated carbocycles. The van der Waals surface area contributed by atoms with E-state index in [9.17, 15) is 4.79 Å². The van der Waals surface area contributed by atoms with Crippen LogP contribution in [0.5, 0.6) is 0 Å². The van der Waals surface area contributed by atoms with E-state index in [2.05, 4.69) is 43.6 Å². The van der Waals surface area contributed by atoms with Crippen molar-refractivity contribution in [2.75, 3.05) is 0 Å². The minimum Gasteiger partial charge on any atom is -0.348 e. The number of H-pyrrole nitrogens is 1. The van der Waals surface area contributed by atoms with Gasteiger partial charge in [0.25, 0.3) is 5.91 Å². The summed E-state index contributed by atoms with van der Waals surface area (Å²) in [4.78, 5) is 11.8. The molecule has 15 heavy (non-hydrogen) atoms. The average molecular weight is 270 g/mol. The highest BCUT2D eigenvalue weighted by Gasteiger charge is 2.17. The molecule has 0 aromatic carbocycles. The Labute approximate surface area is 96.3 Å². The number of hydrogen-bond acceptors (Lipinski definition) is 2. The molecule has 80 valence electrons. The first kappa shape index (κ1) is 10.4. The topological polar surface area (TPSA) is 57.8 Å². The minimum absolute atomic E-state index is 0.0975. The summed E-state index contributed by atoms with van der Waals surface area (Å²) >= 11 is 3.26. The molecule has 5 heteroatoms. The molecule has 0 spiro atoms. The lowest BCUT2D eigenvalue weighted by Gasteiger charge is -2.18. The lowest BCUT2D eigenvalue weighted by molar-refractivity contribution is 0.0929. The highest BCUT2D eigenvalue weighted by atomic mass is 79.9. The molecule has 1 aliphatic rings. The summed E-state index contributed by atoms with van der Waals surface area (Å²) < 4.78 is 0.700. The van der Waals surface area contributed by atoms with Gasteiger partial charge in [0.05, 0.1) is 10.7 Å². The van der Waals surface area contributed by atoms with Gasteiger partial charge in [0.15, 0.2) is 0 Å². The number of halogens is 1. The van der Waals surface area contributed by atoms with E-state index in [0.717, 1.165) is 19.3 Å². The Morgan fingerprint density at radius 2 is 2.47 bits per heavy atom. The van der Waals surface area contributed by atoms with Gasteiger partial charge in [-0.25, -0.2) is 0 Å². The van der Waals surface area contributed by atoms with E-state index in [1.165, 1.54) is 0 Å². The SMILES string of the molecule is O=C(NC1CC=CCC1)c1[nH]ncc1Br. The molecule has 1 aromatic rings. The Balaban J connectivity index is 1.98. The van der Waals surface area contributed by atoms with Crippen LogP contribution in [-0.4, -0.2) is 22.1 Å². The van der Waals surface area contributed by atoms with Gasteiger partial charge in [-0.3, -0.25) is 9.89 Å². The summed E-state index contributed by atoms with van der Waals surface area (Å²) in [6, 6.07) is 0.248. The van der Waals surface area contributed by atoms with Gasteiger partial charge in [-0.1, -0.05) is 12.2 Å². The first-order valence-corrected chi connectivity index (χ1v) is 5.71. The first-order valence-electron chi connectivity index (χ1n) is 4.92. The predicted molar refractivity (Wildman–Crippen MR) is 60.5 cm³/mol. The van der Waals surface area contributed by atoms with Gasteiger partial charge in [0.1, 0.15) is 5.69 Å². The lowest BCUT2D eigenvalue weighted by atomic mass is 10.0. The highest BCUT2D eigenvalue weighted by molar-refractivity contribution is 9.10. The van der Waals surface area contributed by atoms with Gasteiger partial charge >= 0.3 is 0 Å². The van der Waals surface area contributed by atoms with Crippen molar-refractivity contribution in [1.82, 2.24) is 15.5 Å². The molecule has 4 nitrogen and oxygen atoms in total. The third kappa shape index (κ3) is 2.47. The summed E-state index contributed by atoms with van der Waals surface area (Å²) in [7, 11) is 0. The minimum atomic E-state index is -0.0975. The van der Waals surface area contributed by atoms with E-state index < -0.39 is 0 Å². The van der Waals surface area contributed by atoms with Crippen LogP contribution in [0.25, 0.3) is 0 Å². The van der Waals surface area contributed by atoms with Crippen LogP contribution in [0.15, 0.2) is 22.8 Å². The molecule has 1 heterocycles. The van der Waals surface area contributed by atoms with Crippen LogP contribution < -0.4 is 5.32 Å². The van der Waals surface area contributed by atoms with E-state index in [4.69, 9.17) is 0 Å². The molecule has 1 unspecified atom stereocenters. The second kappa shape index (κ2) is 4.61. The number of carbonyl (C=O) groups excluding carboxylic acids is 1. The molecule has 0 fully saturated rings. The van der Waals surface area contributed by atoms with Crippen LogP contribution in [-0.2, 0) is 0 Å². The van der Waals surface area contributed by atoms with Crippen LogP contribution >= 0.6 is 15.9 Å². The van der Waals surface area contributed by atoms with E-state index in [0.29, 0.717) is 10.2 Å². The Hall–Kier alpha value is -1.10. The summed E-state index contributed by atoms with van der Waals surface area (Å²) in [5, 5.41) is 9.43. The maximum atomic E-state index is 11.8. The number of rotatable bonds is 2. The van der Waals surface area contributed by atoms with Crippen molar-refractivity contribution in [1.29, 1.82) is 0 Å². The van der Waals surface area contributed by atoms with Gasteiger partial charge in [-0.2, -0.15) is 5.10 Å². The number of amides is 1. The maximum absolute atomic E-state index is 11.8. The fourth-order valence-electron chi connectivity index (χ4n) is 1.61. The summed E-state index contributed by atoms with van der Waals surface area (Å²) in [6.07, 6.45) is 8.79. The van der Waals surface area contributed by atoms with Gasteiger partial charge < -0.3 is 5.32 Å². The second-order valence-corrected chi connectivity index (χ2v) is 4.40. The molecule has 1 aromatic heterocycles. The molecular formula is C10H12BrN3O. The number of carbonyl (C=O) groups is 1. The van der Waals surface area contributed by atoms with Crippen molar-refractivity contribution in [2.24, 2.45) is 0 Å². The predicted octanol–water partition coefficient (Wildman–Crippen LogP) is 2.01. The Morgan fingerprint density at radius 1 is 1.60 bits per heavy atom. The molecule has 2 rings (SSSR count). The zero-order valence-corrected chi connectivity index (χ0v) is 9.75. The van der Waals surface area contributed by atoms with E-state index in [1.807, 2.05) is 0 Å². The van der Waals surface area contributed by atoms with Gasteiger partial charge in [0, 0.05) is 6.04 Å². The van der Waals surface area contributed by atoms with Gasteiger partial charge in [0.2, 0.25) is 0 Å². The summed E-state index contributed by atoms with van der Waals surface area (Å²) in [6.45, 7) is 0. The molecule has 0 bridgehead atoms. The number of aromatic amines is 1. The average Bonchev–Trinajstić information content (AvgIpc) is 2.66. The zero-order valence-electron chi connectivity index (χ0n) is 8.16. The van der Waals surface area contributed by atoms with Crippen molar-refractivity contribution in [3.05, 3.63) is 28.5 Å². The van der Waals surface area contributed by atoms with Crippen molar-refractivity contribution < 1.29 is 4.79 Å². The number of hydrogen-bond donors (Lipinski definition) is 2. The van der Waals surface area contributed by atoms with Crippen LogP contribution in [0, 0.1) is 0 Å². The molecule has 2 N–H and O–H groups in total. The summed E-state index contributed by atoms with van der Waals surface area (Å²) in [5.41, 5.74) is 0.490.